The number of methoxy groups -OCH3 is 1. The Morgan fingerprint density at radius 1 is 1.03 bits per heavy atom. The number of hydrogen-bond acceptors (Lipinski definition) is 6. The van der Waals surface area contributed by atoms with Crippen LogP contribution in [-0.4, -0.2) is 60.2 Å². The number of fused-ring (bicyclic) bond motifs is 1. The fraction of sp³-hybridized carbons (Fsp3) is 0.652. The maximum Gasteiger partial charge on any atom is 0.227 e. The van der Waals surface area contributed by atoms with E-state index in [0.29, 0.717) is 12.1 Å². The third-order valence-corrected chi connectivity index (χ3v) is 7.29. The molecule has 0 radical (unpaired) electrons. The normalized spacial score (nSPS) is 19.3. The number of ether oxygens (including phenoxy) is 1. The van der Waals surface area contributed by atoms with Gasteiger partial charge in [0, 0.05) is 43.6 Å². The topological polar surface area (TPSA) is 53.5 Å². The van der Waals surface area contributed by atoms with Crippen LogP contribution in [0.4, 0.5) is 11.8 Å². The molecule has 30 heavy (non-hydrogen) atoms. The number of piperidine rings is 1. The quantitative estimate of drug-likeness (QED) is 0.563. The standard InChI is InChI=1S/C23H34IN5O/c1-16(2)28-12-8-17(9-13-28)25-22-18-14-21(30-3)19(24)15-20(18)26-23(27-22)29-10-6-4-5-7-11-29/h14-17H,4-13H2,1-3H3,(H,25,26,27). The van der Waals surface area contributed by atoms with Gasteiger partial charge < -0.3 is 19.9 Å². The van der Waals surface area contributed by atoms with Gasteiger partial charge in [0.15, 0.2) is 0 Å². The second-order valence-corrected chi connectivity index (χ2v) is 9.99. The van der Waals surface area contributed by atoms with Gasteiger partial charge in [-0.1, -0.05) is 12.8 Å². The number of benzene rings is 1. The van der Waals surface area contributed by atoms with Crippen molar-refractivity contribution in [2.45, 2.75) is 64.5 Å². The van der Waals surface area contributed by atoms with Crippen LogP contribution in [0.1, 0.15) is 52.4 Å². The zero-order valence-corrected chi connectivity index (χ0v) is 20.6. The molecule has 2 aliphatic heterocycles. The molecule has 1 N–H and O–H groups in total. The smallest absolute Gasteiger partial charge is 0.227 e. The molecule has 0 saturated carbocycles. The summed E-state index contributed by atoms with van der Waals surface area (Å²) in [6.45, 7) is 8.94. The van der Waals surface area contributed by atoms with Crippen LogP contribution < -0.4 is 15.0 Å². The summed E-state index contributed by atoms with van der Waals surface area (Å²) in [4.78, 5) is 15.0. The molecule has 0 spiro atoms. The molecule has 4 rings (SSSR count). The Labute approximate surface area is 193 Å². The van der Waals surface area contributed by atoms with Crippen LogP contribution in [0.3, 0.4) is 0 Å². The lowest BCUT2D eigenvalue weighted by molar-refractivity contribution is 0.177. The molecule has 1 aromatic carbocycles. The molecule has 7 heteroatoms. The van der Waals surface area contributed by atoms with Crippen molar-refractivity contribution in [2.75, 3.05) is 43.5 Å². The number of hydrogen-bond donors (Lipinski definition) is 1. The summed E-state index contributed by atoms with van der Waals surface area (Å²) in [5.74, 6) is 2.70. The summed E-state index contributed by atoms with van der Waals surface area (Å²) in [5, 5.41) is 4.84. The van der Waals surface area contributed by atoms with Crippen molar-refractivity contribution in [2.24, 2.45) is 0 Å². The van der Waals surface area contributed by atoms with Gasteiger partial charge in [0.05, 0.1) is 16.2 Å². The molecule has 0 aliphatic carbocycles. The molecule has 0 unspecified atom stereocenters. The van der Waals surface area contributed by atoms with Crippen molar-refractivity contribution >= 4 is 45.3 Å². The predicted molar refractivity (Wildman–Crippen MR) is 133 cm³/mol. The van der Waals surface area contributed by atoms with Gasteiger partial charge in [0.2, 0.25) is 5.95 Å². The van der Waals surface area contributed by atoms with E-state index in [0.717, 1.165) is 71.0 Å². The van der Waals surface area contributed by atoms with Crippen LogP contribution in [0.5, 0.6) is 5.75 Å². The fourth-order valence-corrected chi connectivity index (χ4v) is 5.22. The molecule has 2 fully saturated rings. The first-order chi connectivity index (χ1) is 14.5. The Hall–Kier alpha value is -1.35. The first-order valence-corrected chi connectivity index (χ1v) is 12.4. The number of halogens is 1. The van der Waals surface area contributed by atoms with E-state index in [1.807, 2.05) is 0 Å². The summed E-state index contributed by atoms with van der Waals surface area (Å²) in [6, 6.07) is 5.28. The van der Waals surface area contributed by atoms with E-state index < -0.39 is 0 Å². The minimum Gasteiger partial charge on any atom is -0.496 e. The van der Waals surface area contributed by atoms with Crippen molar-refractivity contribution < 1.29 is 4.74 Å². The molecule has 0 atom stereocenters. The third kappa shape index (κ3) is 4.93. The Morgan fingerprint density at radius 3 is 2.37 bits per heavy atom. The molecule has 2 saturated heterocycles. The number of likely N-dealkylation sites (tertiary alicyclic amines) is 1. The van der Waals surface area contributed by atoms with Gasteiger partial charge in [-0.25, -0.2) is 4.98 Å². The van der Waals surface area contributed by atoms with Crippen LogP contribution >= 0.6 is 22.6 Å². The van der Waals surface area contributed by atoms with Gasteiger partial charge in [-0.3, -0.25) is 0 Å². The third-order valence-electron chi connectivity index (χ3n) is 6.45. The number of aromatic nitrogens is 2. The summed E-state index contributed by atoms with van der Waals surface area (Å²) in [7, 11) is 1.73. The molecule has 1 aromatic heterocycles. The number of nitrogens with one attached hydrogen (secondary N) is 1. The highest BCUT2D eigenvalue weighted by molar-refractivity contribution is 14.1. The lowest BCUT2D eigenvalue weighted by atomic mass is 10.0. The first kappa shape index (κ1) is 21.9. The average Bonchev–Trinajstić information content (AvgIpc) is 3.03. The largest absolute Gasteiger partial charge is 0.496 e. The molecule has 0 amide bonds. The van der Waals surface area contributed by atoms with Crippen LogP contribution in [-0.2, 0) is 0 Å². The van der Waals surface area contributed by atoms with E-state index in [4.69, 9.17) is 14.7 Å². The minimum absolute atomic E-state index is 0.445. The molecule has 2 aliphatic rings. The highest BCUT2D eigenvalue weighted by Crippen LogP contribution is 2.33. The summed E-state index contributed by atoms with van der Waals surface area (Å²) < 4.78 is 6.68. The van der Waals surface area contributed by atoms with Crippen molar-refractivity contribution in [1.29, 1.82) is 0 Å². The predicted octanol–water partition coefficient (Wildman–Crippen LogP) is 4.91. The van der Waals surface area contributed by atoms with Crippen LogP contribution in [0.2, 0.25) is 0 Å². The first-order valence-electron chi connectivity index (χ1n) is 11.4. The van der Waals surface area contributed by atoms with Crippen molar-refractivity contribution in [3.8, 4) is 5.75 Å². The van der Waals surface area contributed by atoms with Crippen LogP contribution in [0.25, 0.3) is 10.9 Å². The highest BCUT2D eigenvalue weighted by atomic mass is 127. The number of anilines is 2. The molecular formula is C23H34IN5O. The molecule has 2 aromatic rings. The van der Waals surface area contributed by atoms with E-state index in [9.17, 15) is 0 Å². The maximum absolute atomic E-state index is 5.59. The van der Waals surface area contributed by atoms with Gasteiger partial charge in [-0.2, -0.15) is 4.98 Å². The SMILES string of the molecule is COc1cc2c(NC3CCN(C(C)C)CC3)nc(N3CCCCCC3)nc2cc1I. The van der Waals surface area contributed by atoms with E-state index >= 15 is 0 Å². The second-order valence-electron chi connectivity index (χ2n) is 8.83. The molecule has 6 nitrogen and oxygen atoms in total. The van der Waals surface area contributed by atoms with Crippen LogP contribution in [0, 0.1) is 3.57 Å². The van der Waals surface area contributed by atoms with Crippen molar-refractivity contribution in [1.82, 2.24) is 14.9 Å². The summed E-state index contributed by atoms with van der Waals surface area (Å²) in [5.41, 5.74) is 0.997. The Morgan fingerprint density at radius 2 is 1.73 bits per heavy atom. The van der Waals surface area contributed by atoms with E-state index in [1.165, 1.54) is 25.7 Å². The lowest BCUT2D eigenvalue weighted by Crippen LogP contribution is -2.42. The maximum atomic E-state index is 5.59. The molecule has 164 valence electrons. The van der Waals surface area contributed by atoms with Gasteiger partial charge in [0.1, 0.15) is 11.6 Å². The highest BCUT2D eigenvalue weighted by Gasteiger charge is 2.23. The molecule has 3 heterocycles. The minimum atomic E-state index is 0.445. The number of rotatable bonds is 5. The number of nitrogens with zero attached hydrogens (tertiary/aromatic N) is 4. The van der Waals surface area contributed by atoms with E-state index in [2.05, 4.69) is 63.7 Å². The van der Waals surface area contributed by atoms with Crippen molar-refractivity contribution in [3.05, 3.63) is 15.7 Å². The van der Waals surface area contributed by atoms with Gasteiger partial charge >= 0.3 is 0 Å². The summed E-state index contributed by atoms with van der Waals surface area (Å²) >= 11 is 2.33. The zero-order valence-electron chi connectivity index (χ0n) is 18.5. The van der Waals surface area contributed by atoms with Gasteiger partial charge in [-0.05, 0) is 74.3 Å². The Kier molecular flexibility index (Phi) is 7.18. The van der Waals surface area contributed by atoms with Crippen LogP contribution in [0.15, 0.2) is 12.1 Å². The lowest BCUT2D eigenvalue weighted by Gasteiger charge is -2.35. The van der Waals surface area contributed by atoms with E-state index in [1.54, 1.807) is 7.11 Å². The van der Waals surface area contributed by atoms with Crippen molar-refractivity contribution in [3.63, 3.8) is 0 Å². The fourth-order valence-electron chi connectivity index (χ4n) is 4.55. The average molecular weight is 523 g/mol. The Bertz CT molecular complexity index is 858. The van der Waals surface area contributed by atoms with E-state index in [-0.39, 0.29) is 0 Å². The summed E-state index contributed by atoms with van der Waals surface area (Å²) in [6.07, 6.45) is 7.34. The Balaban J connectivity index is 1.66. The van der Waals surface area contributed by atoms with Gasteiger partial charge in [-0.15, -0.1) is 0 Å². The zero-order chi connectivity index (χ0) is 21.1. The van der Waals surface area contributed by atoms with Gasteiger partial charge in [0.25, 0.3) is 0 Å². The molecule has 0 bridgehead atoms. The molecular weight excluding hydrogens is 489 g/mol. The monoisotopic (exact) mass is 523 g/mol. The second kappa shape index (κ2) is 9.85.